The molecular weight excluding hydrogens is 255 g/mol. The average Bonchev–Trinajstić information content (AvgIpc) is 1.78. The van der Waals surface area contributed by atoms with Gasteiger partial charge in [0.1, 0.15) is 0 Å². The summed E-state index contributed by atoms with van der Waals surface area (Å²) in [5, 5.41) is 1.83. The standard InChI is InChI=1S/C6H6F7N.ClH/c7-4(8,3-1-2-14-3)5(9,10)6(11,12)13;/h3,14H,1-2H2;1H/t3-;/m1./s1. The number of hydrogen-bond donors (Lipinski definition) is 1. The van der Waals surface area contributed by atoms with Gasteiger partial charge in [0.05, 0.1) is 6.04 Å². The second-order valence-electron chi connectivity index (χ2n) is 2.99. The van der Waals surface area contributed by atoms with Crippen LogP contribution in [-0.4, -0.2) is 30.6 Å². The van der Waals surface area contributed by atoms with E-state index in [2.05, 4.69) is 0 Å². The van der Waals surface area contributed by atoms with Crippen LogP contribution in [0.2, 0.25) is 0 Å². The molecular formula is C6H7ClF7N. The smallest absolute Gasteiger partial charge is 0.308 e. The lowest BCUT2D eigenvalue weighted by Crippen LogP contribution is -2.65. The molecule has 0 aromatic rings. The molecule has 9 heteroatoms. The third-order valence-corrected chi connectivity index (χ3v) is 2.04. The van der Waals surface area contributed by atoms with Crippen LogP contribution < -0.4 is 5.32 Å². The van der Waals surface area contributed by atoms with Crippen molar-refractivity contribution in [1.82, 2.24) is 5.32 Å². The molecule has 0 aromatic heterocycles. The molecule has 1 heterocycles. The van der Waals surface area contributed by atoms with Crippen molar-refractivity contribution in [3.63, 3.8) is 0 Å². The predicted molar refractivity (Wildman–Crippen MR) is 39.6 cm³/mol. The molecule has 15 heavy (non-hydrogen) atoms. The van der Waals surface area contributed by atoms with Gasteiger partial charge in [-0.3, -0.25) is 0 Å². The largest absolute Gasteiger partial charge is 0.459 e. The maximum atomic E-state index is 12.6. The van der Waals surface area contributed by atoms with Crippen LogP contribution in [0.5, 0.6) is 0 Å². The summed E-state index contributed by atoms with van der Waals surface area (Å²) in [6.07, 6.45) is -6.62. The fourth-order valence-electron chi connectivity index (χ4n) is 1.01. The first kappa shape index (κ1) is 14.8. The third kappa shape index (κ3) is 2.15. The summed E-state index contributed by atoms with van der Waals surface area (Å²) in [6.45, 7) is 0.0220. The van der Waals surface area contributed by atoms with Crippen molar-refractivity contribution in [1.29, 1.82) is 0 Å². The summed E-state index contributed by atoms with van der Waals surface area (Å²) in [7, 11) is 0. The summed E-state index contributed by atoms with van der Waals surface area (Å²) >= 11 is 0. The zero-order chi connectivity index (χ0) is 11.2. The average molecular weight is 262 g/mol. The highest BCUT2D eigenvalue weighted by molar-refractivity contribution is 5.85. The molecule has 1 N–H and O–H groups in total. The molecule has 1 aliphatic heterocycles. The van der Waals surface area contributed by atoms with Crippen LogP contribution in [0.1, 0.15) is 6.42 Å². The molecule has 1 fully saturated rings. The minimum absolute atomic E-state index is 0. The molecule has 1 rings (SSSR count). The topological polar surface area (TPSA) is 12.0 Å². The van der Waals surface area contributed by atoms with Gasteiger partial charge in [0.15, 0.2) is 0 Å². The van der Waals surface area contributed by atoms with Crippen molar-refractivity contribution in [2.24, 2.45) is 0 Å². The number of halogens is 8. The molecule has 0 radical (unpaired) electrons. The quantitative estimate of drug-likeness (QED) is 0.754. The molecule has 0 aliphatic carbocycles. The monoisotopic (exact) mass is 261 g/mol. The summed E-state index contributed by atoms with van der Waals surface area (Å²) in [4.78, 5) is 0. The maximum absolute atomic E-state index is 12.6. The number of hydrogen-bond acceptors (Lipinski definition) is 1. The van der Waals surface area contributed by atoms with Gasteiger partial charge in [0.25, 0.3) is 0 Å². The summed E-state index contributed by atoms with van der Waals surface area (Å²) in [6, 6.07) is -2.10. The van der Waals surface area contributed by atoms with Crippen LogP contribution in [0.25, 0.3) is 0 Å². The molecule has 1 nitrogen and oxygen atoms in total. The Balaban J connectivity index is 0.00000196. The second-order valence-corrected chi connectivity index (χ2v) is 2.99. The van der Waals surface area contributed by atoms with Crippen molar-refractivity contribution >= 4 is 12.4 Å². The molecule has 1 aliphatic rings. The molecule has 0 aromatic carbocycles. The van der Waals surface area contributed by atoms with E-state index in [-0.39, 0.29) is 19.0 Å². The SMILES string of the molecule is Cl.FC(F)(F)C(F)(F)C(F)(F)[C@H]1CCN1. The predicted octanol–water partition coefficient (Wildman–Crippen LogP) is 2.60. The normalized spacial score (nSPS) is 23.0. The van der Waals surface area contributed by atoms with Gasteiger partial charge in [-0.25, -0.2) is 0 Å². The highest BCUT2D eigenvalue weighted by Crippen LogP contribution is 2.49. The Hall–Kier alpha value is -0.240. The van der Waals surface area contributed by atoms with E-state index < -0.39 is 30.5 Å². The van der Waals surface area contributed by atoms with Gasteiger partial charge < -0.3 is 5.32 Å². The molecule has 0 amide bonds. The number of rotatable bonds is 2. The molecule has 0 unspecified atom stereocenters. The number of alkyl halides is 7. The van der Waals surface area contributed by atoms with Crippen LogP contribution in [0.4, 0.5) is 30.7 Å². The van der Waals surface area contributed by atoms with Crippen LogP contribution in [0, 0.1) is 0 Å². The van der Waals surface area contributed by atoms with Crippen molar-refractivity contribution in [2.45, 2.75) is 30.5 Å². The summed E-state index contributed by atoms with van der Waals surface area (Å²) in [5.41, 5.74) is 0. The van der Waals surface area contributed by atoms with E-state index in [1.165, 1.54) is 0 Å². The Morgan fingerprint density at radius 3 is 1.53 bits per heavy atom. The molecule has 92 valence electrons. The lowest BCUT2D eigenvalue weighted by molar-refractivity contribution is -0.363. The van der Waals surface area contributed by atoms with Gasteiger partial charge in [0.2, 0.25) is 0 Å². The zero-order valence-corrected chi connectivity index (χ0v) is 7.86. The minimum atomic E-state index is -6.23. The Labute approximate surface area is 86.4 Å². The van der Waals surface area contributed by atoms with E-state index in [1.807, 2.05) is 5.32 Å². The van der Waals surface area contributed by atoms with E-state index in [0.29, 0.717) is 0 Å². The Morgan fingerprint density at radius 2 is 1.33 bits per heavy atom. The van der Waals surface area contributed by atoms with E-state index in [0.717, 1.165) is 0 Å². The molecule has 0 saturated carbocycles. The summed E-state index contributed by atoms with van der Waals surface area (Å²) < 4.78 is 84.5. The first-order valence-electron chi connectivity index (χ1n) is 3.66. The zero-order valence-electron chi connectivity index (χ0n) is 7.05. The Morgan fingerprint density at radius 1 is 0.933 bits per heavy atom. The second kappa shape index (κ2) is 3.97. The molecule has 1 atom stereocenters. The lowest BCUT2D eigenvalue weighted by atomic mass is 9.94. The minimum Gasteiger partial charge on any atom is -0.308 e. The van der Waals surface area contributed by atoms with Gasteiger partial charge in [-0.1, -0.05) is 0 Å². The fourth-order valence-corrected chi connectivity index (χ4v) is 1.01. The Kier molecular flexibility index (Phi) is 3.91. The summed E-state index contributed by atoms with van der Waals surface area (Å²) in [5.74, 6) is -11.1. The van der Waals surface area contributed by atoms with Gasteiger partial charge in [-0.2, -0.15) is 30.7 Å². The van der Waals surface area contributed by atoms with Gasteiger partial charge >= 0.3 is 18.0 Å². The van der Waals surface area contributed by atoms with Crippen LogP contribution in [-0.2, 0) is 0 Å². The van der Waals surface area contributed by atoms with Crippen molar-refractivity contribution < 1.29 is 30.7 Å². The van der Waals surface area contributed by atoms with Crippen molar-refractivity contribution in [2.75, 3.05) is 6.54 Å². The van der Waals surface area contributed by atoms with Crippen molar-refractivity contribution in [3.05, 3.63) is 0 Å². The maximum Gasteiger partial charge on any atom is 0.459 e. The molecule has 1 saturated heterocycles. The van der Waals surface area contributed by atoms with Gasteiger partial charge in [-0.15, -0.1) is 12.4 Å². The van der Waals surface area contributed by atoms with E-state index in [1.54, 1.807) is 0 Å². The highest BCUT2D eigenvalue weighted by atomic mass is 35.5. The van der Waals surface area contributed by atoms with Crippen LogP contribution in [0.3, 0.4) is 0 Å². The molecule has 0 bridgehead atoms. The highest BCUT2D eigenvalue weighted by Gasteiger charge is 2.75. The van der Waals surface area contributed by atoms with E-state index in [4.69, 9.17) is 0 Å². The van der Waals surface area contributed by atoms with Gasteiger partial charge in [-0.05, 0) is 13.0 Å². The number of nitrogens with one attached hydrogen (secondary N) is 1. The first-order chi connectivity index (χ1) is 6.11. The lowest BCUT2D eigenvalue weighted by Gasteiger charge is -2.39. The third-order valence-electron chi connectivity index (χ3n) is 2.04. The Bertz CT molecular complexity index is 222. The van der Waals surface area contributed by atoms with Crippen LogP contribution in [0.15, 0.2) is 0 Å². The first-order valence-corrected chi connectivity index (χ1v) is 3.66. The van der Waals surface area contributed by atoms with Crippen LogP contribution >= 0.6 is 12.4 Å². The van der Waals surface area contributed by atoms with Gasteiger partial charge in [0, 0.05) is 0 Å². The fraction of sp³-hybridized carbons (Fsp3) is 1.00. The van der Waals surface area contributed by atoms with E-state index >= 15 is 0 Å². The van der Waals surface area contributed by atoms with Crippen molar-refractivity contribution in [3.8, 4) is 0 Å². The molecule has 0 spiro atoms. The van der Waals surface area contributed by atoms with E-state index in [9.17, 15) is 30.7 Å².